The number of nitrogens with zero attached hydrogens (tertiary/aromatic N) is 1. The van der Waals surface area contributed by atoms with E-state index in [0.717, 1.165) is 23.6 Å². The minimum Gasteiger partial charge on any atom is -0.748 e. The van der Waals surface area contributed by atoms with Crippen molar-refractivity contribution in [1.82, 2.24) is 0 Å². The highest BCUT2D eigenvalue weighted by molar-refractivity contribution is 7.84. The Morgan fingerprint density at radius 2 is 1.86 bits per heavy atom. The van der Waals surface area contributed by atoms with Crippen molar-refractivity contribution < 1.29 is 17.5 Å². The van der Waals surface area contributed by atoms with Crippen LogP contribution in [0.2, 0.25) is 5.02 Å². The van der Waals surface area contributed by atoms with Gasteiger partial charge in [-0.25, -0.2) is 13.0 Å². The van der Waals surface area contributed by atoms with Gasteiger partial charge in [-0.1, -0.05) is 42.8 Å². The van der Waals surface area contributed by atoms with E-state index >= 15 is 0 Å². The molecule has 0 bridgehead atoms. The second kappa shape index (κ2) is 8.27. The van der Waals surface area contributed by atoms with E-state index in [9.17, 15) is 0 Å². The van der Waals surface area contributed by atoms with Crippen molar-refractivity contribution in [3.8, 4) is 11.1 Å². The lowest BCUT2D eigenvalue weighted by molar-refractivity contribution is -0.693. The molecule has 0 aliphatic heterocycles. The zero-order valence-corrected chi connectivity index (χ0v) is 14.5. The lowest BCUT2D eigenvalue weighted by atomic mass is 10.0. The quantitative estimate of drug-likeness (QED) is 0.636. The SMILES string of the molecule is CCc1cccc(-c2c[n+](CC)ccc2Cl)c1.CS(=O)(=O)[O-]. The highest BCUT2D eigenvalue weighted by atomic mass is 35.5. The molecular weight excluding hydrogens is 322 g/mol. The average molecular weight is 342 g/mol. The maximum absolute atomic E-state index is 9.08. The molecule has 1 aromatic carbocycles. The zero-order chi connectivity index (χ0) is 16.8. The van der Waals surface area contributed by atoms with Crippen LogP contribution >= 0.6 is 11.6 Å². The summed E-state index contributed by atoms with van der Waals surface area (Å²) in [4.78, 5) is 0. The molecule has 0 atom stereocenters. The Balaban J connectivity index is 0.000000422. The number of rotatable bonds is 3. The number of pyridine rings is 1. The Kier molecular flexibility index (Phi) is 7.00. The Bertz CT molecular complexity index is 722. The van der Waals surface area contributed by atoms with Gasteiger partial charge in [-0.2, -0.15) is 0 Å². The van der Waals surface area contributed by atoms with Gasteiger partial charge in [-0.05, 0) is 24.5 Å². The summed E-state index contributed by atoms with van der Waals surface area (Å²) in [5.41, 5.74) is 3.63. The van der Waals surface area contributed by atoms with Gasteiger partial charge >= 0.3 is 0 Å². The van der Waals surface area contributed by atoms with Crippen molar-refractivity contribution in [2.75, 3.05) is 6.26 Å². The maximum atomic E-state index is 9.08. The first-order valence-electron chi connectivity index (χ1n) is 6.93. The summed E-state index contributed by atoms with van der Waals surface area (Å²) in [6, 6.07) is 10.5. The third kappa shape index (κ3) is 6.56. The van der Waals surface area contributed by atoms with Crippen molar-refractivity contribution in [2.24, 2.45) is 0 Å². The number of halogens is 1. The van der Waals surface area contributed by atoms with Crippen LogP contribution in [0, 0.1) is 0 Å². The smallest absolute Gasteiger partial charge is 0.178 e. The van der Waals surface area contributed by atoms with E-state index < -0.39 is 10.1 Å². The van der Waals surface area contributed by atoms with Gasteiger partial charge in [0.05, 0.1) is 20.7 Å². The molecule has 6 heteroatoms. The molecule has 0 saturated heterocycles. The van der Waals surface area contributed by atoms with Crippen LogP contribution in [-0.2, 0) is 23.1 Å². The maximum Gasteiger partial charge on any atom is 0.178 e. The van der Waals surface area contributed by atoms with Crippen LogP contribution in [0.5, 0.6) is 0 Å². The zero-order valence-electron chi connectivity index (χ0n) is 12.9. The van der Waals surface area contributed by atoms with Gasteiger partial charge in [-0.3, -0.25) is 0 Å². The van der Waals surface area contributed by atoms with Gasteiger partial charge in [0, 0.05) is 12.3 Å². The minimum absolute atomic E-state index is 0.604. The molecule has 0 amide bonds. The van der Waals surface area contributed by atoms with E-state index in [4.69, 9.17) is 24.6 Å². The Morgan fingerprint density at radius 3 is 2.41 bits per heavy atom. The monoisotopic (exact) mass is 341 g/mol. The Labute approximate surface area is 137 Å². The molecule has 0 aliphatic carbocycles. The first kappa shape index (κ1) is 18.6. The van der Waals surface area contributed by atoms with Crippen LogP contribution in [0.4, 0.5) is 0 Å². The van der Waals surface area contributed by atoms with Crippen LogP contribution in [0.1, 0.15) is 19.4 Å². The predicted octanol–water partition coefficient (Wildman–Crippen LogP) is 3.04. The first-order valence-corrected chi connectivity index (χ1v) is 9.12. The van der Waals surface area contributed by atoms with Gasteiger partial charge < -0.3 is 4.55 Å². The molecule has 4 nitrogen and oxygen atoms in total. The molecule has 0 unspecified atom stereocenters. The Hall–Kier alpha value is -1.43. The largest absolute Gasteiger partial charge is 0.748 e. The van der Waals surface area contributed by atoms with Gasteiger partial charge in [0.2, 0.25) is 0 Å². The number of hydrogen-bond donors (Lipinski definition) is 0. The Morgan fingerprint density at radius 1 is 1.23 bits per heavy atom. The molecule has 0 saturated carbocycles. The van der Waals surface area contributed by atoms with E-state index in [1.54, 1.807) is 0 Å². The third-order valence-electron chi connectivity index (χ3n) is 2.98. The first-order chi connectivity index (χ1) is 10.2. The fraction of sp³-hybridized carbons (Fsp3) is 0.312. The second-order valence-electron chi connectivity index (χ2n) is 4.79. The number of aromatic nitrogens is 1. The normalized spacial score (nSPS) is 10.8. The molecule has 0 aliphatic rings. The highest BCUT2D eigenvalue weighted by Crippen LogP contribution is 2.26. The molecule has 1 heterocycles. The van der Waals surface area contributed by atoms with E-state index in [-0.39, 0.29) is 0 Å². The highest BCUT2D eigenvalue weighted by Gasteiger charge is 2.09. The second-order valence-corrected chi connectivity index (χ2v) is 6.61. The van der Waals surface area contributed by atoms with E-state index in [1.807, 2.05) is 12.3 Å². The topological polar surface area (TPSA) is 61.1 Å². The van der Waals surface area contributed by atoms with Crippen LogP contribution in [0.25, 0.3) is 11.1 Å². The number of benzene rings is 1. The fourth-order valence-corrected chi connectivity index (χ4v) is 2.10. The summed E-state index contributed by atoms with van der Waals surface area (Å²) in [6.45, 7) is 5.25. The van der Waals surface area contributed by atoms with E-state index in [1.165, 1.54) is 11.1 Å². The summed E-state index contributed by atoms with van der Waals surface area (Å²) < 4.78 is 29.4. The lowest BCUT2D eigenvalue weighted by Gasteiger charge is -2.05. The number of hydrogen-bond acceptors (Lipinski definition) is 3. The number of aryl methyl sites for hydroxylation is 2. The summed E-state index contributed by atoms with van der Waals surface area (Å²) in [6.07, 6.45) is 5.77. The van der Waals surface area contributed by atoms with Gasteiger partial charge in [0.1, 0.15) is 6.54 Å². The van der Waals surface area contributed by atoms with Crippen molar-refractivity contribution in [3.63, 3.8) is 0 Å². The van der Waals surface area contributed by atoms with Crippen LogP contribution in [0.3, 0.4) is 0 Å². The molecule has 1 aromatic heterocycles. The molecule has 0 spiro atoms. The lowest BCUT2D eigenvalue weighted by Crippen LogP contribution is -2.31. The molecule has 2 aromatic rings. The van der Waals surface area contributed by atoms with Gasteiger partial charge in [0.25, 0.3) is 0 Å². The van der Waals surface area contributed by atoms with Crippen LogP contribution in [0.15, 0.2) is 42.7 Å². The molecule has 120 valence electrons. The molecule has 0 N–H and O–H groups in total. The van der Waals surface area contributed by atoms with Crippen LogP contribution < -0.4 is 4.57 Å². The van der Waals surface area contributed by atoms with Gasteiger partial charge in [-0.15, -0.1) is 0 Å². The standard InChI is InChI=1S/C15H17ClN.CH4O3S/c1-3-12-6-5-7-13(10-12)14-11-17(4-2)9-8-15(14)16;1-5(2,3)4/h5-11H,3-4H2,1-2H3;1H3,(H,2,3,4)/q+1;/p-1. The summed E-state index contributed by atoms with van der Waals surface area (Å²) in [5.74, 6) is 0. The summed E-state index contributed by atoms with van der Waals surface area (Å²) >= 11 is 6.27. The average Bonchev–Trinajstić information content (AvgIpc) is 2.46. The molecule has 0 fully saturated rings. The molecule has 2 rings (SSSR count). The van der Waals surface area contributed by atoms with Crippen molar-refractivity contribution >= 4 is 21.7 Å². The van der Waals surface area contributed by atoms with Crippen molar-refractivity contribution in [3.05, 3.63) is 53.3 Å². The summed E-state index contributed by atoms with van der Waals surface area (Å²) in [5, 5.41) is 0.808. The predicted molar refractivity (Wildman–Crippen MR) is 87.8 cm³/mol. The summed E-state index contributed by atoms with van der Waals surface area (Å²) in [7, 11) is -3.92. The van der Waals surface area contributed by atoms with Gasteiger partial charge in [0.15, 0.2) is 12.4 Å². The van der Waals surface area contributed by atoms with E-state index in [2.05, 4.69) is 48.9 Å². The molecule has 0 radical (unpaired) electrons. The fourth-order valence-electron chi connectivity index (χ4n) is 1.89. The van der Waals surface area contributed by atoms with Crippen LogP contribution in [-0.4, -0.2) is 19.2 Å². The third-order valence-corrected chi connectivity index (χ3v) is 3.31. The van der Waals surface area contributed by atoms with Crippen molar-refractivity contribution in [1.29, 1.82) is 0 Å². The van der Waals surface area contributed by atoms with Crippen molar-refractivity contribution in [2.45, 2.75) is 26.8 Å². The van der Waals surface area contributed by atoms with E-state index in [0.29, 0.717) is 6.26 Å². The molecular formula is C16H20ClNO3S. The minimum atomic E-state index is -3.92. The molecule has 22 heavy (non-hydrogen) atoms.